The van der Waals surface area contributed by atoms with Gasteiger partial charge in [0.05, 0.1) is 13.2 Å². The summed E-state index contributed by atoms with van der Waals surface area (Å²) in [5.41, 5.74) is 0. The van der Waals surface area contributed by atoms with E-state index in [4.69, 9.17) is 14.6 Å². The van der Waals surface area contributed by atoms with Gasteiger partial charge in [0.15, 0.2) is 12.6 Å². The van der Waals surface area contributed by atoms with Gasteiger partial charge < -0.3 is 55.3 Å². The van der Waals surface area contributed by atoms with Crippen LogP contribution in [-0.4, -0.2) is 116 Å². The lowest BCUT2D eigenvalue weighted by molar-refractivity contribution is -0.301. The quantitative estimate of drug-likeness (QED) is 0.176. The molecule has 26 heavy (non-hydrogen) atoms. The summed E-state index contributed by atoms with van der Waals surface area (Å²) >= 11 is 0. The zero-order valence-electron chi connectivity index (χ0n) is 14.0. The number of aldehydes is 1. The van der Waals surface area contributed by atoms with Gasteiger partial charge in [-0.1, -0.05) is 0 Å². The topological polar surface area (TPSA) is 206 Å². The number of rotatable bonds is 9. The van der Waals surface area contributed by atoms with Crippen LogP contribution in [0.1, 0.15) is 6.92 Å². The summed E-state index contributed by atoms with van der Waals surface area (Å²) in [5.74, 6) is -0.631. The standard InChI is InChI=1S/C14H25NO11/c1-5(19)15-9-12(24)11(23)8(4-18)25-14(9)26-13(7(21)3-17)10(22)6(20)2-16/h2,6-14,17-18,20-24H,3-4H2,1H3,(H,15,19)/t6-,7+,8+,9+,10+,11+,12+,13-,14+/m0/s1. The lowest BCUT2D eigenvalue weighted by atomic mass is 9.96. The molecule has 0 aromatic heterocycles. The fourth-order valence-corrected chi connectivity index (χ4v) is 2.52. The number of ether oxygens (including phenoxy) is 2. The Hall–Kier alpha value is -1.22. The maximum absolute atomic E-state index is 11.3. The monoisotopic (exact) mass is 383 g/mol. The molecular formula is C14H25NO11. The molecule has 1 rings (SSSR count). The zero-order valence-corrected chi connectivity index (χ0v) is 14.0. The average Bonchev–Trinajstić information content (AvgIpc) is 2.62. The summed E-state index contributed by atoms with van der Waals surface area (Å²) in [6.45, 7) is -0.531. The molecule has 8 N–H and O–H groups in total. The van der Waals surface area contributed by atoms with Crippen LogP contribution in [-0.2, 0) is 19.1 Å². The number of amides is 1. The van der Waals surface area contributed by atoms with Crippen molar-refractivity contribution in [2.75, 3.05) is 13.2 Å². The van der Waals surface area contributed by atoms with Gasteiger partial charge in [-0.05, 0) is 0 Å². The lowest BCUT2D eigenvalue weighted by Crippen LogP contribution is -2.66. The van der Waals surface area contributed by atoms with Crippen LogP contribution in [0.5, 0.6) is 0 Å². The van der Waals surface area contributed by atoms with Crippen molar-refractivity contribution < 1.29 is 54.8 Å². The van der Waals surface area contributed by atoms with Gasteiger partial charge in [0.25, 0.3) is 0 Å². The number of carbonyl (C=O) groups is 2. The molecule has 1 aliphatic heterocycles. The number of hydrogen-bond donors (Lipinski definition) is 8. The molecule has 152 valence electrons. The molecule has 0 saturated carbocycles. The third-order valence-corrected chi connectivity index (χ3v) is 3.93. The highest BCUT2D eigenvalue weighted by atomic mass is 16.7. The van der Waals surface area contributed by atoms with E-state index in [0.29, 0.717) is 0 Å². The molecular weight excluding hydrogens is 358 g/mol. The van der Waals surface area contributed by atoms with E-state index in [-0.39, 0.29) is 6.29 Å². The summed E-state index contributed by atoms with van der Waals surface area (Å²) in [6, 6.07) is -1.38. The number of nitrogens with one attached hydrogen (secondary N) is 1. The minimum Gasteiger partial charge on any atom is -0.394 e. The highest BCUT2D eigenvalue weighted by Gasteiger charge is 2.47. The fourth-order valence-electron chi connectivity index (χ4n) is 2.52. The summed E-state index contributed by atoms with van der Waals surface area (Å²) in [5, 5.41) is 69.8. The Bertz CT molecular complexity index is 464. The van der Waals surface area contributed by atoms with Crippen LogP contribution in [0.15, 0.2) is 0 Å². The van der Waals surface area contributed by atoms with Crippen molar-refractivity contribution in [1.29, 1.82) is 0 Å². The van der Waals surface area contributed by atoms with Gasteiger partial charge in [-0.15, -0.1) is 0 Å². The normalized spacial score (nSPS) is 33.8. The largest absolute Gasteiger partial charge is 0.394 e. The van der Waals surface area contributed by atoms with E-state index in [2.05, 4.69) is 5.32 Å². The van der Waals surface area contributed by atoms with Crippen molar-refractivity contribution in [2.24, 2.45) is 0 Å². The van der Waals surface area contributed by atoms with Gasteiger partial charge in [-0.2, -0.15) is 0 Å². The third-order valence-electron chi connectivity index (χ3n) is 3.93. The molecule has 0 radical (unpaired) electrons. The minimum absolute atomic E-state index is 0.0206. The molecule has 0 aromatic carbocycles. The van der Waals surface area contributed by atoms with Crippen LogP contribution >= 0.6 is 0 Å². The van der Waals surface area contributed by atoms with Gasteiger partial charge in [-0.3, -0.25) is 4.79 Å². The molecule has 0 spiro atoms. The highest BCUT2D eigenvalue weighted by Crippen LogP contribution is 2.25. The molecule has 1 heterocycles. The third kappa shape index (κ3) is 5.39. The molecule has 0 aliphatic carbocycles. The first-order valence-corrected chi connectivity index (χ1v) is 7.83. The molecule has 12 heteroatoms. The molecule has 12 nitrogen and oxygen atoms in total. The second-order valence-electron chi connectivity index (χ2n) is 5.90. The van der Waals surface area contributed by atoms with Crippen molar-refractivity contribution in [2.45, 2.75) is 62.0 Å². The van der Waals surface area contributed by atoms with Crippen LogP contribution in [0.25, 0.3) is 0 Å². The summed E-state index contributed by atoms with van der Waals surface area (Å²) in [6.07, 6.45) is -13.6. The summed E-state index contributed by atoms with van der Waals surface area (Å²) in [7, 11) is 0. The van der Waals surface area contributed by atoms with Crippen LogP contribution < -0.4 is 5.32 Å². The van der Waals surface area contributed by atoms with Gasteiger partial charge in [0.2, 0.25) is 5.91 Å². The van der Waals surface area contributed by atoms with E-state index < -0.39 is 74.2 Å². The molecule has 1 saturated heterocycles. The molecule has 1 aliphatic rings. The van der Waals surface area contributed by atoms with Gasteiger partial charge >= 0.3 is 0 Å². The SMILES string of the molecule is CC(=O)N[C@H]1[C@@H](O[C@H]([C@H](O)[C@@H](O)C=O)[C@H](O)CO)O[C@H](CO)[C@@H](O)[C@@H]1O. The number of carbonyl (C=O) groups excluding carboxylic acids is 2. The van der Waals surface area contributed by atoms with E-state index in [1.807, 2.05) is 0 Å². The Labute approximate surface area is 148 Å². The van der Waals surface area contributed by atoms with Gasteiger partial charge in [0.1, 0.15) is 48.8 Å². The van der Waals surface area contributed by atoms with Crippen molar-refractivity contribution in [3.05, 3.63) is 0 Å². The second-order valence-corrected chi connectivity index (χ2v) is 5.90. The smallest absolute Gasteiger partial charge is 0.217 e. The molecule has 0 bridgehead atoms. The highest BCUT2D eigenvalue weighted by molar-refractivity contribution is 5.73. The van der Waals surface area contributed by atoms with Crippen LogP contribution in [0.3, 0.4) is 0 Å². The maximum atomic E-state index is 11.3. The molecule has 9 atom stereocenters. The van der Waals surface area contributed by atoms with Crippen molar-refractivity contribution >= 4 is 12.2 Å². The van der Waals surface area contributed by atoms with Crippen LogP contribution in [0.4, 0.5) is 0 Å². The molecule has 1 fully saturated rings. The summed E-state index contributed by atoms with van der Waals surface area (Å²) < 4.78 is 10.5. The maximum Gasteiger partial charge on any atom is 0.217 e. The average molecular weight is 383 g/mol. The van der Waals surface area contributed by atoms with E-state index in [1.165, 1.54) is 0 Å². The van der Waals surface area contributed by atoms with Crippen LogP contribution in [0, 0.1) is 0 Å². The zero-order chi connectivity index (χ0) is 20.0. The molecule has 1 amide bonds. The fraction of sp³-hybridized carbons (Fsp3) is 0.857. The number of hydrogen-bond acceptors (Lipinski definition) is 11. The number of aliphatic hydroxyl groups is 7. The minimum atomic E-state index is -1.98. The Morgan fingerprint density at radius 2 is 1.85 bits per heavy atom. The number of aliphatic hydroxyl groups excluding tert-OH is 7. The molecule has 0 aromatic rings. The van der Waals surface area contributed by atoms with Crippen molar-refractivity contribution in [3.8, 4) is 0 Å². The Kier molecular flexibility index (Phi) is 8.95. The lowest BCUT2D eigenvalue weighted by Gasteiger charge is -2.44. The first-order chi connectivity index (χ1) is 12.2. The molecule has 0 unspecified atom stereocenters. The van der Waals surface area contributed by atoms with E-state index in [0.717, 1.165) is 6.92 Å². The van der Waals surface area contributed by atoms with Crippen molar-refractivity contribution in [3.63, 3.8) is 0 Å². The Morgan fingerprint density at radius 1 is 1.23 bits per heavy atom. The first-order valence-electron chi connectivity index (χ1n) is 7.83. The van der Waals surface area contributed by atoms with Crippen molar-refractivity contribution in [1.82, 2.24) is 5.32 Å². The van der Waals surface area contributed by atoms with E-state index in [9.17, 15) is 40.2 Å². The predicted molar refractivity (Wildman–Crippen MR) is 81.4 cm³/mol. The van der Waals surface area contributed by atoms with Gasteiger partial charge in [0, 0.05) is 6.92 Å². The predicted octanol–water partition coefficient (Wildman–Crippen LogP) is -5.41. The Morgan fingerprint density at radius 3 is 2.31 bits per heavy atom. The first kappa shape index (κ1) is 22.8. The van der Waals surface area contributed by atoms with E-state index >= 15 is 0 Å². The Balaban J connectivity index is 3.09. The van der Waals surface area contributed by atoms with E-state index in [1.54, 1.807) is 0 Å². The second kappa shape index (κ2) is 10.2. The van der Waals surface area contributed by atoms with Gasteiger partial charge in [-0.25, -0.2) is 0 Å². The van der Waals surface area contributed by atoms with Crippen LogP contribution in [0.2, 0.25) is 0 Å². The summed E-state index contributed by atoms with van der Waals surface area (Å²) in [4.78, 5) is 22.0.